The van der Waals surface area contributed by atoms with Crippen LogP contribution in [0.3, 0.4) is 0 Å². The van der Waals surface area contributed by atoms with Gasteiger partial charge in [-0.25, -0.2) is 13.4 Å². The fourth-order valence-electron chi connectivity index (χ4n) is 1.77. The van der Waals surface area contributed by atoms with Gasteiger partial charge in [-0.15, -0.1) is 11.3 Å². The van der Waals surface area contributed by atoms with E-state index in [1.54, 1.807) is 25.4 Å². The molecule has 0 atom stereocenters. The normalized spacial score (nSPS) is 11.9. The highest BCUT2D eigenvalue weighted by Gasteiger charge is 2.22. The van der Waals surface area contributed by atoms with Crippen molar-refractivity contribution >= 4 is 37.3 Å². The molecule has 21 heavy (non-hydrogen) atoms. The molecule has 0 aliphatic carbocycles. The third kappa shape index (κ3) is 3.63. The zero-order valence-electron chi connectivity index (χ0n) is 11.8. The van der Waals surface area contributed by atoms with Crippen molar-refractivity contribution in [1.29, 1.82) is 0 Å². The van der Waals surface area contributed by atoms with Gasteiger partial charge in [0.25, 0.3) is 0 Å². The molecular formula is C13H15BrN2O3S2. The average molecular weight is 391 g/mol. The van der Waals surface area contributed by atoms with E-state index in [1.807, 2.05) is 6.92 Å². The fraction of sp³-hybridized carbons (Fsp3) is 0.308. The third-order valence-electron chi connectivity index (χ3n) is 2.88. The SMILES string of the molecule is COc1ccc(S(=O)(=O)N(C)Cc2cnc(C)s2)cc1Br. The minimum absolute atomic E-state index is 0.221. The molecule has 1 aromatic heterocycles. The Labute approximate surface area is 136 Å². The van der Waals surface area contributed by atoms with E-state index in [2.05, 4.69) is 20.9 Å². The molecule has 0 spiro atoms. The highest BCUT2D eigenvalue weighted by Crippen LogP contribution is 2.29. The minimum Gasteiger partial charge on any atom is -0.496 e. The van der Waals surface area contributed by atoms with E-state index >= 15 is 0 Å². The number of methoxy groups -OCH3 is 1. The van der Waals surface area contributed by atoms with Gasteiger partial charge in [0.2, 0.25) is 10.0 Å². The summed E-state index contributed by atoms with van der Waals surface area (Å²) in [5.41, 5.74) is 0. The number of thiazole rings is 1. The van der Waals surface area contributed by atoms with Crippen LogP contribution < -0.4 is 4.74 Å². The second-order valence-electron chi connectivity index (χ2n) is 4.40. The van der Waals surface area contributed by atoms with Crippen molar-refractivity contribution in [3.63, 3.8) is 0 Å². The first-order valence-corrected chi connectivity index (χ1v) is 9.10. The average Bonchev–Trinajstić information content (AvgIpc) is 2.83. The Morgan fingerprint density at radius 1 is 1.43 bits per heavy atom. The highest BCUT2D eigenvalue weighted by molar-refractivity contribution is 9.10. The van der Waals surface area contributed by atoms with Gasteiger partial charge in [-0.2, -0.15) is 4.31 Å². The van der Waals surface area contributed by atoms with Gasteiger partial charge in [0.1, 0.15) is 5.75 Å². The van der Waals surface area contributed by atoms with Crippen molar-refractivity contribution in [2.45, 2.75) is 18.4 Å². The molecule has 0 unspecified atom stereocenters. The Morgan fingerprint density at radius 3 is 2.67 bits per heavy atom. The summed E-state index contributed by atoms with van der Waals surface area (Å²) in [6.45, 7) is 2.20. The van der Waals surface area contributed by atoms with Gasteiger partial charge < -0.3 is 4.74 Å². The number of nitrogens with zero attached hydrogens (tertiary/aromatic N) is 2. The van der Waals surface area contributed by atoms with Crippen molar-refractivity contribution in [3.05, 3.63) is 38.8 Å². The van der Waals surface area contributed by atoms with Gasteiger partial charge in [-0.3, -0.25) is 0 Å². The summed E-state index contributed by atoms with van der Waals surface area (Å²) >= 11 is 4.79. The predicted molar refractivity (Wildman–Crippen MR) is 86.2 cm³/mol. The lowest BCUT2D eigenvalue weighted by atomic mass is 10.3. The lowest BCUT2D eigenvalue weighted by molar-refractivity contribution is 0.411. The first-order valence-electron chi connectivity index (χ1n) is 6.06. The summed E-state index contributed by atoms with van der Waals surface area (Å²) in [4.78, 5) is 5.26. The van der Waals surface area contributed by atoms with E-state index in [0.717, 1.165) is 9.88 Å². The number of sulfonamides is 1. The Morgan fingerprint density at radius 2 is 2.14 bits per heavy atom. The molecular weight excluding hydrogens is 376 g/mol. The van der Waals surface area contributed by atoms with Crippen LogP contribution in [0.5, 0.6) is 5.75 Å². The molecule has 8 heteroatoms. The Kier molecular flexibility index (Phi) is 5.03. The summed E-state index contributed by atoms with van der Waals surface area (Å²) in [6, 6.07) is 4.71. The molecule has 0 N–H and O–H groups in total. The molecule has 0 aliphatic heterocycles. The molecule has 0 fully saturated rings. The molecule has 2 rings (SSSR count). The maximum absolute atomic E-state index is 12.5. The zero-order chi connectivity index (χ0) is 15.6. The first kappa shape index (κ1) is 16.4. The molecule has 0 saturated heterocycles. The molecule has 0 aliphatic rings. The topological polar surface area (TPSA) is 59.5 Å². The van der Waals surface area contributed by atoms with Crippen LogP contribution in [0.15, 0.2) is 33.8 Å². The largest absolute Gasteiger partial charge is 0.496 e. The van der Waals surface area contributed by atoms with Crippen molar-refractivity contribution in [2.75, 3.05) is 14.2 Å². The fourth-order valence-corrected chi connectivity index (χ4v) is 4.57. The highest BCUT2D eigenvalue weighted by atomic mass is 79.9. The lowest BCUT2D eigenvalue weighted by Gasteiger charge is -2.16. The van der Waals surface area contributed by atoms with Crippen LogP contribution in [0, 0.1) is 6.92 Å². The van der Waals surface area contributed by atoms with E-state index in [4.69, 9.17) is 4.74 Å². The molecule has 0 radical (unpaired) electrons. The van der Waals surface area contributed by atoms with Crippen LogP contribution >= 0.6 is 27.3 Å². The van der Waals surface area contributed by atoms with Crippen molar-refractivity contribution in [2.24, 2.45) is 0 Å². The van der Waals surface area contributed by atoms with Crippen molar-refractivity contribution in [1.82, 2.24) is 9.29 Å². The molecule has 0 amide bonds. The van der Waals surface area contributed by atoms with Crippen LogP contribution in [0.4, 0.5) is 0 Å². The maximum Gasteiger partial charge on any atom is 0.243 e. The van der Waals surface area contributed by atoms with Gasteiger partial charge in [0, 0.05) is 24.7 Å². The van der Waals surface area contributed by atoms with Crippen LogP contribution in [0.2, 0.25) is 0 Å². The van der Waals surface area contributed by atoms with E-state index in [1.165, 1.54) is 28.8 Å². The molecule has 0 bridgehead atoms. The van der Waals surface area contributed by atoms with Gasteiger partial charge in [0.15, 0.2) is 0 Å². The number of aryl methyl sites for hydroxylation is 1. The molecule has 5 nitrogen and oxygen atoms in total. The smallest absolute Gasteiger partial charge is 0.243 e. The van der Waals surface area contributed by atoms with E-state index in [-0.39, 0.29) is 4.90 Å². The molecule has 0 saturated carbocycles. The van der Waals surface area contributed by atoms with Gasteiger partial charge in [-0.05, 0) is 41.1 Å². The summed E-state index contributed by atoms with van der Waals surface area (Å²) in [5.74, 6) is 0.592. The predicted octanol–water partition coefficient (Wildman–Crippen LogP) is 3.04. The summed E-state index contributed by atoms with van der Waals surface area (Å²) in [7, 11) is -0.456. The number of benzene rings is 1. The van der Waals surface area contributed by atoms with Crippen LogP contribution in [-0.4, -0.2) is 31.9 Å². The van der Waals surface area contributed by atoms with Gasteiger partial charge in [0.05, 0.1) is 21.5 Å². The number of aromatic nitrogens is 1. The summed E-state index contributed by atoms with van der Waals surface area (Å²) in [6.07, 6.45) is 1.70. The van der Waals surface area contributed by atoms with Crippen molar-refractivity contribution in [3.8, 4) is 5.75 Å². The summed E-state index contributed by atoms with van der Waals surface area (Å²) < 4.78 is 32.1. The van der Waals surface area contributed by atoms with Crippen LogP contribution in [-0.2, 0) is 16.6 Å². The standard InChI is InChI=1S/C13H15BrN2O3S2/c1-9-15-7-10(20-9)8-16(2)21(17,18)11-4-5-13(19-3)12(14)6-11/h4-7H,8H2,1-3H3. The number of hydrogen-bond acceptors (Lipinski definition) is 5. The molecule has 114 valence electrons. The molecule has 1 heterocycles. The number of ether oxygens (including phenoxy) is 1. The number of rotatable bonds is 5. The number of hydrogen-bond donors (Lipinski definition) is 0. The van der Waals surface area contributed by atoms with Crippen molar-refractivity contribution < 1.29 is 13.2 Å². The van der Waals surface area contributed by atoms with E-state index in [9.17, 15) is 8.42 Å². The number of halogens is 1. The quantitative estimate of drug-likeness (QED) is 0.786. The molecule has 2 aromatic rings. The van der Waals surface area contributed by atoms with E-state index < -0.39 is 10.0 Å². The van der Waals surface area contributed by atoms with Crippen LogP contribution in [0.1, 0.15) is 9.88 Å². The van der Waals surface area contributed by atoms with E-state index in [0.29, 0.717) is 16.8 Å². The zero-order valence-corrected chi connectivity index (χ0v) is 15.0. The Bertz CT molecular complexity index is 744. The maximum atomic E-state index is 12.5. The Balaban J connectivity index is 2.26. The first-order chi connectivity index (χ1) is 9.84. The minimum atomic E-state index is -3.55. The van der Waals surface area contributed by atoms with Gasteiger partial charge in [-0.1, -0.05) is 0 Å². The third-order valence-corrected chi connectivity index (χ3v) is 6.20. The monoisotopic (exact) mass is 390 g/mol. The van der Waals surface area contributed by atoms with Crippen LogP contribution in [0.25, 0.3) is 0 Å². The molecule has 1 aromatic carbocycles. The second-order valence-corrected chi connectivity index (χ2v) is 8.62. The summed E-state index contributed by atoms with van der Waals surface area (Å²) in [5, 5.41) is 0.919. The lowest BCUT2D eigenvalue weighted by Crippen LogP contribution is -2.26. The van der Waals surface area contributed by atoms with Gasteiger partial charge >= 0.3 is 0 Å². The second kappa shape index (κ2) is 6.43. The Hall–Kier alpha value is -0.960.